The van der Waals surface area contributed by atoms with Crippen molar-refractivity contribution in [3.05, 3.63) is 71.1 Å². The lowest BCUT2D eigenvalue weighted by Crippen LogP contribution is -2.48. The van der Waals surface area contributed by atoms with E-state index in [1.54, 1.807) is 19.1 Å². The molecule has 148 valence electrons. The number of hydrogen-bond donors (Lipinski definition) is 0. The number of fused-ring (bicyclic) bond motifs is 1. The van der Waals surface area contributed by atoms with Crippen LogP contribution in [-0.2, 0) is 4.79 Å². The fraction of sp³-hybridized carbons (Fsp3) is 0.227. The second-order valence-electron chi connectivity index (χ2n) is 6.97. The zero-order chi connectivity index (χ0) is 20.4. The maximum absolute atomic E-state index is 12.6. The summed E-state index contributed by atoms with van der Waals surface area (Å²) in [5, 5.41) is 0.374. The molecule has 6 nitrogen and oxygen atoms in total. The van der Waals surface area contributed by atoms with Crippen LogP contribution in [0.5, 0.6) is 0 Å². The second kappa shape index (κ2) is 8.09. The average Bonchev–Trinajstić information content (AvgIpc) is 3.07. The first-order chi connectivity index (χ1) is 14.0. The van der Waals surface area contributed by atoms with Crippen LogP contribution in [0, 0.1) is 0 Å². The summed E-state index contributed by atoms with van der Waals surface area (Å²) in [5.41, 5.74) is 3.21. The molecule has 1 fully saturated rings. The van der Waals surface area contributed by atoms with Gasteiger partial charge in [0.2, 0.25) is 5.91 Å². The fourth-order valence-corrected chi connectivity index (χ4v) is 3.72. The molecular formula is C22H21ClN4O2. The summed E-state index contributed by atoms with van der Waals surface area (Å²) in [6.07, 6.45) is 5.14. The Balaban J connectivity index is 1.39. The highest BCUT2D eigenvalue weighted by Crippen LogP contribution is 2.20. The summed E-state index contributed by atoms with van der Waals surface area (Å²) in [7, 11) is 0. The number of imidazole rings is 1. The lowest BCUT2D eigenvalue weighted by molar-refractivity contribution is -0.126. The minimum absolute atomic E-state index is 0.0430. The molecule has 0 unspecified atom stereocenters. The molecule has 1 saturated heterocycles. The van der Waals surface area contributed by atoms with E-state index in [0.29, 0.717) is 29.5 Å². The summed E-state index contributed by atoms with van der Waals surface area (Å²) in [6.45, 7) is 4.33. The lowest BCUT2D eigenvalue weighted by atomic mass is 10.1. The number of aromatic nitrogens is 2. The van der Waals surface area contributed by atoms with Gasteiger partial charge in [-0.15, -0.1) is 0 Å². The van der Waals surface area contributed by atoms with Gasteiger partial charge < -0.3 is 9.80 Å². The Morgan fingerprint density at radius 1 is 1.03 bits per heavy atom. The predicted octanol–water partition coefficient (Wildman–Crippen LogP) is 3.55. The van der Waals surface area contributed by atoms with Gasteiger partial charge in [-0.1, -0.05) is 17.7 Å². The molecule has 1 amide bonds. The van der Waals surface area contributed by atoms with Crippen molar-refractivity contribution >= 4 is 40.7 Å². The number of halogens is 1. The molecule has 0 N–H and O–H groups in total. The number of nitrogens with zero attached hydrogens (tertiary/aromatic N) is 4. The summed E-state index contributed by atoms with van der Waals surface area (Å²) in [5.74, 6) is 0.0170. The molecular weight excluding hydrogens is 388 g/mol. The molecule has 4 rings (SSSR count). The maximum atomic E-state index is 12.6. The number of benzene rings is 1. The first-order valence-electron chi connectivity index (χ1n) is 9.48. The minimum atomic E-state index is -0.0430. The van der Waals surface area contributed by atoms with E-state index in [1.807, 2.05) is 58.0 Å². The molecule has 1 aromatic carbocycles. The van der Waals surface area contributed by atoms with Crippen molar-refractivity contribution in [2.24, 2.45) is 0 Å². The molecule has 7 heteroatoms. The van der Waals surface area contributed by atoms with Crippen LogP contribution in [0.2, 0.25) is 5.15 Å². The number of carbonyl (C=O) groups is 2. The fourth-order valence-electron chi connectivity index (χ4n) is 3.48. The minimum Gasteiger partial charge on any atom is -0.368 e. The monoisotopic (exact) mass is 408 g/mol. The molecule has 1 aliphatic heterocycles. The smallest absolute Gasteiger partial charge is 0.246 e. The second-order valence-corrected chi connectivity index (χ2v) is 7.32. The van der Waals surface area contributed by atoms with Crippen molar-refractivity contribution in [2.45, 2.75) is 6.92 Å². The van der Waals surface area contributed by atoms with E-state index >= 15 is 0 Å². The number of Topliss-reactive ketones (excluding diaryl/α,β-unsaturated/α-hetero) is 1. The van der Waals surface area contributed by atoms with Crippen LogP contribution in [0.3, 0.4) is 0 Å². The molecule has 0 aliphatic carbocycles. The van der Waals surface area contributed by atoms with Gasteiger partial charge in [-0.2, -0.15) is 0 Å². The Labute approximate surface area is 174 Å². The van der Waals surface area contributed by atoms with Gasteiger partial charge in [0.05, 0.1) is 5.69 Å². The number of ketones is 1. The lowest BCUT2D eigenvalue weighted by Gasteiger charge is -2.35. The number of anilines is 1. The van der Waals surface area contributed by atoms with E-state index in [-0.39, 0.29) is 11.7 Å². The van der Waals surface area contributed by atoms with Crippen molar-refractivity contribution in [1.82, 2.24) is 14.3 Å². The van der Waals surface area contributed by atoms with E-state index < -0.39 is 0 Å². The summed E-state index contributed by atoms with van der Waals surface area (Å²) < 4.78 is 1.86. The molecule has 0 saturated carbocycles. The number of piperazine rings is 1. The Kier molecular flexibility index (Phi) is 5.36. The van der Waals surface area contributed by atoms with Crippen LogP contribution in [-0.4, -0.2) is 52.2 Å². The van der Waals surface area contributed by atoms with Crippen molar-refractivity contribution in [3.63, 3.8) is 0 Å². The van der Waals surface area contributed by atoms with Crippen LogP contribution in [0.25, 0.3) is 11.7 Å². The third kappa shape index (κ3) is 4.03. The van der Waals surface area contributed by atoms with Crippen molar-refractivity contribution < 1.29 is 9.59 Å². The molecule has 2 aromatic heterocycles. The van der Waals surface area contributed by atoms with Gasteiger partial charge in [0.1, 0.15) is 5.65 Å². The number of amides is 1. The zero-order valence-corrected chi connectivity index (χ0v) is 16.8. The molecule has 0 radical (unpaired) electrons. The Morgan fingerprint density at radius 3 is 2.45 bits per heavy atom. The third-order valence-corrected chi connectivity index (χ3v) is 5.41. The first kappa shape index (κ1) is 19.2. The predicted molar refractivity (Wildman–Crippen MR) is 114 cm³/mol. The molecule has 3 heterocycles. The van der Waals surface area contributed by atoms with E-state index in [0.717, 1.165) is 24.4 Å². The Bertz CT molecular complexity index is 1080. The summed E-state index contributed by atoms with van der Waals surface area (Å²) in [6, 6.07) is 13.3. The maximum Gasteiger partial charge on any atom is 0.246 e. The van der Waals surface area contributed by atoms with E-state index in [1.165, 1.54) is 0 Å². The van der Waals surface area contributed by atoms with Crippen LogP contribution < -0.4 is 4.90 Å². The SMILES string of the molecule is CC(=O)c1ccc(N2CCN(C(=O)/C=C/c3c(Cl)nc4ccccn34)CC2)cc1. The highest BCUT2D eigenvalue weighted by atomic mass is 35.5. The van der Waals surface area contributed by atoms with Crippen molar-refractivity contribution in [2.75, 3.05) is 31.1 Å². The Morgan fingerprint density at radius 2 is 1.76 bits per heavy atom. The van der Waals surface area contributed by atoms with Gasteiger partial charge >= 0.3 is 0 Å². The largest absolute Gasteiger partial charge is 0.368 e. The number of pyridine rings is 1. The average molecular weight is 409 g/mol. The summed E-state index contributed by atoms with van der Waals surface area (Å²) >= 11 is 6.22. The highest BCUT2D eigenvalue weighted by molar-refractivity contribution is 6.31. The molecule has 29 heavy (non-hydrogen) atoms. The van der Waals surface area contributed by atoms with Gasteiger partial charge in [0.25, 0.3) is 0 Å². The van der Waals surface area contributed by atoms with Crippen LogP contribution in [0.15, 0.2) is 54.7 Å². The topological polar surface area (TPSA) is 57.9 Å². The van der Waals surface area contributed by atoms with Crippen LogP contribution in [0.4, 0.5) is 5.69 Å². The van der Waals surface area contributed by atoms with Crippen molar-refractivity contribution in [3.8, 4) is 0 Å². The zero-order valence-electron chi connectivity index (χ0n) is 16.1. The normalized spacial score (nSPS) is 14.7. The number of carbonyl (C=O) groups excluding carboxylic acids is 2. The van der Waals surface area contributed by atoms with Gasteiger partial charge in [0, 0.05) is 49.7 Å². The molecule has 0 atom stereocenters. The standard InChI is InChI=1S/C22H21ClN4O2/c1-16(28)17-5-7-18(8-6-17)25-12-14-26(15-13-25)21(29)10-9-19-22(23)24-20-4-2-3-11-27(19)20/h2-11H,12-15H2,1H3/b10-9+. The van der Waals surface area contributed by atoms with Crippen LogP contribution >= 0.6 is 11.6 Å². The third-order valence-electron chi connectivity index (χ3n) is 5.14. The molecule has 1 aliphatic rings. The highest BCUT2D eigenvalue weighted by Gasteiger charge is 2.20. The molecule has 3 aromatic rings. The van der Waals surface area contributed by atoms with Crippen LogP contribution in [0.1, 0.15) is 23.0 Å². The van der Waals surface area contributed by atoms with E-state index in [9.17, 15) is 9.59 Å². The first-order valence-corrected chi connectivity index (χ1v) is 9.86. The molecule has 0 bridgehead atoms. The number of rotatable bonds is 4. The number of hydrogen-bond acceptors (Lipinski definition) is 4. The van der Waals surface area contributed by atoms with E-state index in [4.69, 9.17) is 11.6 Å². The Hall–Kier alpha value is -3.12. The van der Waals surface area contributed by atoms with Gasteiger partial charge in [-0.3, -0.25) is 14.0 Å². The summed E-state index contributed by atoms with van der Waals surface area (Å²) in [4.78, 5) is 32.4. The van der Waals surface area contributed by atoms with Gasteiger partial charge in [-0.25, -0.2) is 4.98 Å². The van der Waals surface area contributed by atoms with Gasteiger partial charge in [0.15, 0.2) is 10.9 Å². The van der Waals surface area contributed by atoms with Gasteiger partial charge in [-0.05, 0) is 49.4 Å². The van der Waals surface area contributed by atoms with Crippen molar-refractivity contribution in [1.29, 1.82) is 0 Å². The quantitative estimate of drug-likeness (QED) is 0.489. The molecule has 0 spiro atoms. The van der Waals surface area contributed by atoms with E-state index in [2.05, 4.69) is 9.88 Å².